The van der Waals surface area contributed by atoms with E-state index in [-0.39, 0.29) is 5.97 Å². The van der Waals surface area contributed by atoms with Gasteiger partial charge in [0, 0.05) is 27.8 Å². The van der Waals surface area contributed by atoms with Crippen LogP contribution in [-0.4, -0.2) is 19.4 Å². The molecule has 168 valence electrons. The Hall–Kier alpha value is -5.06. The fraction of sp³-hybridized carbons (Fsp3) is 0.0323. The van der Waals surface area contributed by atoms with Crippen LogP contribution in [0.4, 0.5) is 0 Å². The summed E-state index contributed by atoms with van der Waals surface area (Å²) in [6, 6.07) is 29.1. The molecular weight excluding hydrogens is 436 g/mol. The topological polar surface area (TPSA) is 52.6 Å². The number of aldehydes is 1. The number of hydrogen-bond acceptors (Lipinski definition) is 4. The molecule has 0 aliphatic carbocycles. The lowest BCUT2D eigenvalue weighted by Crippen LogP contribution is -2.00. The molecule has 0 aliphatic heterocycles. The van der Waals surface area contributed by atoms with Crippen LogP contribution in [0.1, 0.15) is 43.0 Å². The molecule has 0 aromatic heterocycles. The SMILES string of the molecule is COC(=O)c1ccc(C#Cc2ccc(Oc3ccc(C#Cc4ccc(C=O)cc4)cc3)cc2)cc1. The molecule has 4 rings (SSSR count). The number of rotatable bonds is 4. The summed E-state index contributed by atoms with van der Waals surface area (Å²) in [7, 11) is 1.35. The summed E-state index contributed by atoms with van der Waals surface area (Å²) in [5.74, 6) is 13.4. The van der Waals surface area contributed by atoms with Gasteiger partial charge in [0.25, 0.3) is 0 Å². The van der Waals surface area contributed by atoms with Gasteiger partial charge in [0.1, 0.15) is 17.8 Å². The van der Waals surface area contributed by atoms with Crippen LogP contribution in [0, 0.1) is 23.7 Å². The highest BCUT2D eigenvalue weighted by Gasteiger charge is 2.03. The maximum Gasteiger partial charge on any atom is 0.337 e. The second kappa shape index (κ2) is 11.2. The van der Waals surface area contributed by atoms with E-state index in [0.717, 1.165) is 28.5 Å². The largest absolute Gasteiger partial charge is 0.465 e. The zero-order valence-corrected chi connectivity index (χ0v) is 18.9. The van der Waals surface area contributed by atoms with Crippen LogP contribution in [0.25, 0.3) is 0 Å². The van der Waals surface area contributed by atoms with Gasteiger partial charge in [-0.2, -0.15) is 0 Å². The Morgan fingerprint density at radius 2 is 0.971 bits per heavy atom. The van der Waals surface area contributed by atoms with E-state index in [4.69, 9.17) is 9.47 Å². The number of hydrogen-bond donors (Lipinski definition) is 0. The van der Waals surface area contributed by atoms with Gasteiger partial charge < -0.3 is 9.47 Å². The van der Waals surface area contributed by atoms with Crippen LogP contribution in [-0.2, 0) is 4.74 Å². The van der Waals surface area contributed by atoms with E-state index in [1.54, 1.807) is 36.4 Å². The first-order valence-corrected chi connectivity index (χ1v) is 10.8. The summed E-state index contributed by atoms with van der Waals surface area (Å²) in [6.45, 7) is 0. The molecule has 4 aromatic carbocycles. The lowest BCUT2D eigenvalue weighted by atomic mass is 10.1. The van der Waals surface area contributed by atoms with Crippen molar-refractivity contribution in [2.24, 2.45) is 0 Å². The summed E-state index contributed by atoms with van der Waals surface area (Å²) in [6.07, 6.45) is 0.811. The quantitative estimate of drug-likeness (QED) is 0.219. The predicted molar refractivity (Wildman–Crippen MR) is 135 cm³/mol. The summed E-state index contributed by atoms with van der Waals surface area (Å²) in [5.41, 5.74) is 4.48. The Labute approximate surface area is 204 Å². The number of carbonyl (C=O) groups excluding carboxylic acids is 2. The van der Waals surface area contributed by atoms with E-state index in [0.29, 0.717) is 22.6 Å². The smallest absolute Gasteiger partial charge is 0.337 e. The first-order valence-electron chi connectivity index (χ1n) is 10.8. The van der Waals surface area contributed by atoms with E-state index >= 15 is 0 Å². The van der Waals surface area contributed by atoms with Gasteiger partial charge in [-0.3, -0.25) is 4.79 Å². The Kier molecular flexibility index (Phi) is 7.39. The predicted octanol–water partition coefficient (Wildman–Crippen LogP) is 5.88. The van der Waals surface area contributed by atoms with Crippen molar-refractivity contribution in [3.63, 3.8) is 0 Å². The van der Waals surface area contributed by atoms with Crippen molar-refractivity contribution in [3.8, 4) is 35.2 Å². The molecule has 0 radical (unpaired) electrons. The van der Waals surface area contributed by atoms with Crippen molar-refractivity contribution in [2.45, 2.75) is 0 Å². The molecule has 0 fully saturated rings. The molecule has 0 bridgehead atoms. The third-order valence-corrected chi connectivity index (χ3v) is 5.00. The lowest BCUT2D eigenvalue weighted by molar-refractivity contribution is 0.0600. The van der Waals surface area contributed by atoms with Crippen molar-refractivity contribution < 1.29 is 19.1 Å². The monoisotopic (exact) mass is 456 g/mol. The second-order valence-corrected chi connectivity index (χ2v) is 7.46. The van der Waals surface area contributed by atoms with Crippen molar-refractivity contribution in [3.05, 3.63) is 130 Å². The minimum Gasteiger partial charge on any atom is -0.465 e. The van der Waals surface area contributed by atoms with Gasteiger partial charge in [0.15, 0.2) is 0 Å². The minimum absolute atomic E-state index is 0.370. The third kappa shape index (κ3) is 6.48. The molecule has 0 amide bonds. The fourth-order valence-electron chi connectivity index (χ4n) is 3.09. The highest BCUT2D eigenvalue weighted by atomic mass is 16.5. The van der Waals surface area contributed by atoms with Crippen molar-refractivity contribution in [1.82, 2.24) is 0 Å². The molecule has 4 aromatic rings. The van der Waals surface area contributed by atoms with E-state index < -0.39 is 0 Å². The molecule has 35 heavy (non-hydrogen) atoms. The third-order valence-electron chi connectivity index (χ3n) is 5.00. The molecule has 0 unspecified atom stereocenters. The van der Waals surface area contributed by atoms with Crippen LogP contribution in [0.3, 0.4) is 0 Å². The van der Waals surface area contributed by atoms with Gasteiger partial charge in [-0.1, -0.05) is 35.8 Å². The Morgan fingerprint density at radius 3 is 1.34 bits per heavy atom. The van der Waals surface area contributed by atoms with E-state index in [2.05, 4.69) is 23.7 Å². The zero-order chi connectivity index (χ0) is 24.5. The molecule has 0 heterocycles. The van der Waals surface area contributed by atoms with Crippen LogP contribution in [0.5, 0.6) is 11.5 Å². The summed E-state index contributed by atoms with van der Waals surface area (Å²) in [5, 5.41) is 0. The number of methoxy groups -OCH3 is 1. The normalized spacial score (nSPS) is 9.63. The number of carbonyl (C=O) groups is 2. The van der Waals surface area contributed by atoms with E-state index in [1.165, 1.54) is 7.11 Å². The molecular formula is C31H20O4. The Balaban J connectivity index is 1.36. The zero-order valence-electron chi connectivity index (χ0n) is 18.9. The van der Waals surface area contributed by atoms with Gasteiger partial charge in [0.2, 0.25) is 0 Å². The lowest BCUT2D eigenvalue weighted by Gasteiger charge is -2.05. The molecule has 0 spiro atoms. The first-order chi connectivity index (χ1) is 17.1. The van der Waals surface area contributed by atoms with Gasteiger partial charge in [-0.15, -0.1) is 0 Å². The standard InChI is InChI=1S/C31H20O4/c1-34-31(33)28-16-10-24(11-17-28)3-5-26-14-20-30(21-15-26)35-29-18-12-25(13-19-29)4-2-23-6-8-27(22-32)9-7-23/h6-22H,1H3. The summed E-state index contributed by atoms with van der Waals surface area (Å²) >= 11 is 0. The highest BCUT2D eigenvalue weighted by Crippen LogP contribution is 2.22. The number of esters is 1. The average Bonchev–Trinajstić information content (AvgIpc) is 2.92. The molecule has 4 heteroatoms. The van der Waals surface area contributed by atoms with Crippen molar-refractivity contribution in [2.75, 3.05) is 7.11 Å². The van der Waals surface area contributed by atoms with E-state index in [1.807, 2.05) is 60.7 Å². The van der Waals surface area contributed by atoms with Crippen LogP contribution >= 0.6 is 0 Å². The molecule has 0 saturated carbocycles. The van der Waals surface area contributed by atoms with Gasteiger partial charge in [-0.05, 0) is 84.9 Å². The van der Waals surface area contributed by atoms with Crippen LogP contribution < -0.4 is 4.74 Å². The maximum absolute atomic E-state index is 11.5. The molecule has 0 aliphatic rings. The van der Waals surface area contributed by atoms with Crippen molar-refractivity contribution >= 4 is 12.3 Å². The summed E-state index contributed by atoms with van der Waals surface area (Å²) in [4.78, 5) is 22.2. The molecule has 0 saturated heterocycles. The van der Waals surface area contributed by atoms with Gasteiger partial charge in [0.05, 0.1) is 12.7 Å². The summed E-state index contributed by atoms with van der Waals surface area (Å²) < 4.78 is 10.6. The molecule has 4 nitrogen and oxygen atoms in total. The minimum atomic E-state index is -0.370. The maximum atomic E-state index is 11.5. The van der Waals surface area contributed by atoms with Crippen LogP contribution in [0.15, 0.2) is 97.1 Å². The molecule has 0 atom stereocenters. The van der Waals surface area contributed by atoms with Gasteiger partial charge >= 0.3 is 5.97 Å². The second-order valence-electron chi connectivity index (χ2n) is 7.46. The Bertz CT molecular complexity index is 1440. The van der Waals surface area contributed by atoms with Crippen LogP contribution in [0.2, 0.25) is 0 Å². The first kappa shape index (κ1) is 23.1. The average molecular weight is 456 g/mol. The fourth-order valence-corrected chi connectivity index (χ4v) is 3.09. The number of benzene rings is 4. The highest BCUT2D eigenvalue weighted by molar-refractivity contribution is 5.89. The Morgan fingerprint density at radius 1 is 0.600 bits per heavy atom. The van der Waals surface area contributed by atoms with E-state index in [9.17, 15) is 9.59 Å². The number of ether oxygens (including phenoxy) is 2. The molecule has 0 N–H and O–H groups in total. The van der Waals surface area contributed by atoms with Gasteiger partial charge in [-0.25, -0.2) is 4.79 Å². The van der Waals surface area contributed by atoms with Crippen molar-refractivity contribution in [1.29, 1.82) is 0 Å².